The lowest BCUT2D eigenvalue weighted by atomic mass is 9.82. The number of carbonyl (C=O) groups is 1. The van der Waals surface area contributed by atoms with Crippen LogP contribution in [0, 0.1) is 22.5 Å². The number of anilines is 1. The molecule has 1 rings (SSSR count). The number of carboxylic acids is 1. The van der Waals surface area contributed by atoms with Crippen LogP contribution in [-0.2, 0) is 4.79 Å². The third-order valence-corrected chi connectivity index (χ3v) is 3.71. The van der Waals surface area contributed by atoms with E-state index in [0.29, 0.717) is 18.4 Å². The molecule has 0 amide bonds. The van der Waals surface area contributed by atoms with Crippen LogP contribution in [0.1, 0.15) is 32.3 Å². The molecule has 7 nitrogen and oxygen atoms in total. The van der Waals surface area contributed by atoms with E-state index in [1.807, 2.05) is 0 Å². The summed E-state index contributed by atoms with van der Waals surface area (Å²) in [5.74, 6) is -0.798. The highest BCUT2D eigenvalue weighted by Gasteiger charge is 2.35. The van der Waals surface area contributed by atoms with Gasteiger partial charge in [0.15, 0.2) is 0 Å². The maximum atomic E-state index is 11.4. The molecular formula is C13H19N3O4. The molecule has 1 aromatic rings. The highest BCUT2D eigenvalue weighted by Crippen LogP contribution is 2.30. The molecule has 1 aromatic heterocycles. The second-order valence-electron chi connectivity index (χ2n) is 4.73. The number of aryl methyl sites for hydroxylation is 1. The quantitative estimate of drug-likeness (QED) is 0.588. The van der Waals surface area contributed by atoms with Crippen LogP contribution in [0.3, 0.4) is 0 Å². The number of aliphatic carboxylic acids is 1. The van der Waals surface area contributed by atoms with Crippen LogP contribution < -0.4 is 5.32 Å². The van der Waals surface area contributed by atoms with Gasteiger partial charge in [0.25, 0.3) is 0 Å². The Labute approximate surface area is 117 Å². The van der Waals surface area contributed by atoms with Gasteiger partial charge in [-0.1, -0.05) is 13.8 Å². The number of hydrogen-bond acceptors (Lipinski definition) is 5. The molecule has 110 valence electrons. The van der Waals surface area contributed by atoms with Crippen molar-refractivity contribution in [3.8, 4) is 0 Å². The first-order valence-electron chi connectivity index (χ1n) is 6.45. The summed E-state index contributed by atoms with van der Waals surface area (Å²) in [5, 5.41) is 23.2. The number of hydrogen-bond donors (Lipinski definition) is 2. The van der Waals surface area contributed by atoms with E-state index in [-0.39, 0.29) is 18.1 Å². The summed E-state index contributed by atoms with van der Waals surface area (Å²) in [7, 11) is 0. The zero-order valence-electron chi connectivity index (χ0n) is 11.8. The second kappa shape index (κ2) is 6.31. The molecule has 0 radical (unpaired) electrons. The average molecular weight is 281 g/mol. The summed E-state index contributed by atoms with van der Waals surface area (Å²) in [6.45, 7) is 5.30. The van der Waals surface area contributed by atoms with Crippen molar-refractivity contribution in [2.75, 3.05) is 11.9 Å². The van der Waals surface area contributed by atoms with Crippen molar-refractivity contribution in [3.63, 3.8) is 0 Å². The highest BCUT2D eigenvalue weighted by atomic mass is 16.6. The Hall–Kier alpha value is -2.18. The lowest BCUT2D eigenvalue weighted by molar-refractivity contribution is -0.384. The van der Waals surface area contributed by atoms with Gasteiger partial charge in [-0.2, -0.15) is 0 Å². The lowest BCUT2D eigenvalue weighted by Gasteiger charge is -2.27. The Morgan fingerprint density at radius 1 is 1.50 bits per heavy atom. The molecule has 0 saturated heterocycles. The number of nitro groups is 1. The second-order valence-corrected chi connectivity index (χ2v) is 4.73. The van der Waals surface area contributed by atoms with E-state index in [9.17, 15) is 20.0 Å². The van der Waals surface area contributed by atoms with Gasteiger partial charge in [-0.15, -0.1) is 0 Å². The molecule has 0 atom stereocenters. The number of carboxylic acid groups (broad SMARTS) is 1. The van der Waals surface area contributed by atoms with Crippen LogP contribution in [0.2, 0.25) is 0 Å². The standard InChI is InChI=1S/C13H19N3O4/c1-4-13(5-2,12(17)18)8-15-11-10(16(19)20)9(3)6-7-14-11/h6-7H,4-5,8H2,1-3H3,(H,14,15)(H,17,18). The number of rotatable bonds is 7. The van der Waals surface area contributed by atoms with Gasteiger partial charge in [0.2, 0.25) is 5.82 Å². The van der Waals surface area contributed by atoms with Crippen molar-refractivity contribution < 1.29 is 14.8 Å². The van der Waals surface area contributed by atoms with Gasteiger partial charge < -0.3 is 10.4 Å². The first-order chi connectivity index (χ1) is 9.38. The highest BCUT2D eigenvalue weighted by molar-refractivity contribution is 5.75. The normalized spacial score (nSPS) is 11.2. The minimum absolute atomic E-state index is 0.104. The molecule has 0 aromatic carbocycles. The summed E-state index contributed by atoms with van der Waals surface area (Å²) in [6, 6.07) is 1.55. The predicted molar refractivity (Wildman–Crippen MR) is 74.8 cm³/mol. The van der Waals surface area contributed by atoms with E-state index in [1.54, 1.807) is 26.8 Å². The monoisotopic (exact) mass is 281 g/mol. The Morgan fingerprint density at radius 2 is 2.10 bits per heavy atom. The Bertz CT molecular complexity index is 512. The number of nitrogens with zero attached hydrogens (tertiary/aromatic N) is 2. The van der Waals surface area contributed by atoms with Crippen LogP contribution in [0.5, 0.6) is 0 Å². The zero-order valence-corrected chi connectivity index (χ0v) is 11.8. The van der Waals surface area contributed by atoms with Crippen molar-refractivity contribution >= 4 is 17.5 Å². The van der Waals surface area contributed by atoms with Crippen molar-refractivity contribution in [2.24, 2.45) is 5.41 Å². The fourth-order valence-electron chi connectivity index (χ4n) is 2.04. The van der Waals surface area contributed by atoms with E-state index in [4.69, 9.17) is 0 Å². The lowest BCUT2D eigenvalue weighted by Crippen LogP contribution is -2.37. The van der Waals surface area contributed by atoms with E-state index < -0.39 is 16.3 Å². The van der Waals surface area contributed by atoms with Gasteiger partial charge in [-0.05, 0) is 25.8 Å². The fraction of sp³-hybridized carbons (Fsp3) is 0.538. The van der Waals surface area contributed by atoms with Crippen LogP contribution >= 0.6 is 0 Å². The molecule has 0 unspecified atom stereocenters. The molecule has 0 spiro atoms. The molecule has 0 aliphatic rings. The van der Waals surface area contributed by atoms with Crippen LogP contribution in [0.15, 0.2) is 12.3 Å². The molecule has 0 aliphatic heterocycles. The largest absolute Gasteiger partial charge is 0.481 e. The van der Waals surface area contributed by atoms with E-state index in [2.05, 4.69) is 10.3 Å². The first kappa shape index (κ1) is 15.9. The molecule has 20 heavy (non-hydrogen) atoms. The van der Waals surface area contributed by atoms with Crippen molar-refractivity contribution in [1.29, 1.82) is 0 Å². The maximum Gasteiger partial charge on any atom is 0.314 e. The summed E-state index contributed by atoms with van der Waals surface area (Å²) in [6.07, 6.45) is 2.34. The van der Waals surface area contributed by atoms with E-state index in [1.165, 1.54) is 6.20 Å². The molecule has 7 heteroatoms. The van der Waals surface area contributed by atoms with Gasteiger partial charge in [-0.25, -0.2) is 4.98 Å². The zero-order chi connectivity index (χ0) is 15.3. The van der Waals surface area contributed by atoms with Crippen LogP contribution in [-0.4, -0.2) is 27.5 Å². The van der Waals surface area contributed by atoms with E-state index in [0.717, 1.165) is 0 Å². The van der Waals surface area contributed by atoms with Gasteiger partial charge in [0.1, 0.15) is 0 Å². The third-order valence-electron chi connectivity index (χ3n) is 3.71. The SMILES string of the molecule is CCC(CC)(CNc1nccc(C)c1[N+](=O)[O-])C(=O)O. The molecule has 0 bridgehead atoms. The fourth-order valence-corrected chi connectivity index (χ4v) is 2.04. The average Bonchev–Trinajstić information content (AvgIpc) is 2.39. The predicted octanol–water partition coefficient (Wildman–Crippen LogP) is 2.60. The molecule has 0 saturated carbocycles. The summed E-state index contributed by atoms with van der Waals surface area (Å²) >= 11 is 0. The van der Waals surface area contributed by atoms with Crippen molar-refractivity contribution in [2.45, 2.75) is 33.6 Å². The maximum absolute atomic E-state index is 11.4. The van der Waals surface area contributed by atoms with Crippen molar-refractivity contribution in [1.82, 2.24) is 4.98 Å². The van der Waals surface area contributed by atoms with Gasteiger partial charge in [-0.3, -0.25) is 14.9 Å². The molecular weight excluding hydrogens is 262 g/mol. The Balaban J connectivity index is 3.03. The number of nitrogens with one attached hydrogen (secondary N) is 1. The minimum Gasteiger partial charge on any atom is -0.481 e. The van der Waals surface area contributed by atoms with Gasteiger partial charge >= 0.3 is 11.7 Å². The summed E-state index contributed by atoms with van der Waals surface area (Å²) < 4.78 is 0. The summed E-state index contributed by atoms with van der Waals surface area (Å²) in [5.41, 5.74) is -0.570. The Morgan fingerprint density at radius 3 is 2.55 bits per heavy atom. The molecule has 1 heterocycles. The molecule has 2 N–H and O–H groups in total. The minimum atomic E-state index is -0.945. The smallest absolute Gasteiger partial charge is 0.314 e. The van der Waals surface area contributed by atoms with Crippen LogP contribution in [0.4, 0.5) is 11.5 Å². The van der Waals surface area contributed by atoms with Crippen LogP contribution in [0.25, 0.3) is 0 Å². The number of aromatic nitrogens is 1. The summed E-state index contributed by atoms with van der Waals surface area (Å²) in [4.78, 5) is 25.9. The van der Waals surface area contributed by atoms with Gasteiger partial charge in [0, 0.05) is 18.3 Å². The third kappa shape index (κ3) is 3.04. The van der Waals surface area contributed by atoms with Gasteiger partial charge in [0.05, 0.1) is 10.3 Å². The Kier molecular flexibility index (Phi) is 5.01. The molecule has 0 fully saturated rings. The van der Waals surface area contributed by atoms with E-state index >= 15 is 0 Å². The number of pyridine rings is 1. The topological polar surface area (TPSA) is 105 Å². The molecule has 0 aliphatic carbocycles. The first-order valence-corrected chi connectivity index (χ1v) is 6.45. The van der Waals surface area contributed by atoms with Crippen molar-refractivity contribution in [3.05, 3.63) is 27.9 Å².